The van der Waals surface area contributed by atoms with Crippen LogP contribution in [-0.2, 0) is 4.74 Å². The van der Waals surface area contributed by atoms with Crippen LogP contribution in [0.3, 0.4) is 0 Å². The summed E-state index contributed by atoms with van der Waals surface area (Å²) in [6.45, 7) is 6.99. The van der Waals surface area contributed by atoms with E-state index in [4.69, 9.17) is 4.74 Å². The Morgan fingerprint density at radius 2 is 2.22 bits per heavy atom. The van der Waals surface area contributed by atoms with E-state index >= 15 is 0 Å². The van der Waals surface area contributed by atoms with Gasteiger partial charge < -0.3 is 15.4 Å². The lowest BCUT2D eigenvalue weighted by atomic mass is 10.0. The van der Waals surface area contributed by atoms with Crippen LogP contribution in [0.2, 0.25) is 0 Å². The molecule has 108 valence electrons. The van der Waals surface area contributed by atoms with Gasteiger partial charge in [0.2, 0.25) is 0 Å². The first-order chi connectivity index (χ1) is 8.09. The number of nitrogens with one attached hydrogen (secondary N) is 2. The number of rotatable bonds is 5. The number of hydrogen-bond donors (Lipinski definition) is 2. The molecule has 0 aromatic heterocycles. The topological polar surface area (TPSA) is 45.7 Å². The van der Waals surface area contributed by atoms with E-state index in [-0.39, 0.29) is 29.6 Å². The van der Waals surface area contributed by atoms with Gasteiger partial charge in [0.1, 0.15) is 0 Å². The summed E-state index contributed by atoms with van der Waals surface area (Å²) >= 11 is 1.85. The van der Waals surface area contributed by atoms with Crippen LogP contribution in [0.1, 0.15) is 26.7 Å². The predicted octanol–water partition coefficient (Wildman–Crippen LogP) is 2.09. The molecule has 6 heteroatoms. The molecule has 18 heavy (non-hydrogen) atoms. The van der Waals surface area contributed by atoms with Gasteiger partial charge in [-0.05, 0) is 26.0 Å². The van der Waals surface area contributed by atoms with Crippen LogP contribution in [-0.4, -0.2) is 49.8 Å². The quantitative estimate of drug-likeness (QED) is 0.431. The van der Waals surface area contributed by atoms with Crippen molar-refractivity contribution in [1.82, 2.24) is 10.6 Å². The summed E-state index contributed by atoms with van der Waals surface area (Å²) in [6.07, 6.45) is 4.40. The third-order valence-electron chi connectivity index (χ3n) is 3.11. The lowest BCUT2D eigenvalue weighted by Crippen LogP contribution is -2.46. The largest absolute Gasteiger partial charge is 0.373 e. The van der Waals surface area contributed by atoms with Gasteiger partial charge in [-0.2, -0.15) is 11.8 Å². The second kappa shape index (κ2) is 9.25. The van der Waals surface area contributed by atoms with Gasteiger partial charge in [0, 0.05) is 32.0 Å². The molecule has 0 amide bonds. The molecule has 1 fully saturated rings. The second-order valence-electron chi connectivity index (χ2n) is 4.75. The summed E-state index contributed by atoms with van der Waals surface area (Å²) in [5, 5.41) is 7.25. The van der Waals surface area contributed by atoms with E-state index in [2.05, 4.69) is 35.7 Å². The van der Waals surface area contributed by atoms with E-state index in [9.17, 15) is 0 Å². The lowest BCUT2D eigenvalue weighted by molar-refractivity contribution is 0.0243. The van der Waals surface area contributed by atoms with E-state index < -0.39 is 0 Å². The molecule has 0 aliphatic carbocycles. The molecule has 0 aromatic rings. The number of guanidine groups is 1. The van der Waals surface area contributed by atoms with Crippen LogP contribution in [0, 0.1) is 0 Å². The summed E-state index contributed by atoms with van der Waals surface area (Å²) in [6, 6.07) is 0. The molecule has 1 aliphatic heterocycles. The molecule has 2 unspecified atom stereocenters. The van der Waals surface area contributed by atoms with E-state index in [0.717, 1.165) is 38.5 Å². The van der Waals surface area contributed by atoms with Crippen molar-refractivity contribution in [1.29, 1.82) is 0 Å². The fraction of sp³-hybridized carbons (Fsp3) is 0.917. The van der Waals surface area contributed by atoms with Crippen molar-refractivity contribution in [3.05, 3.63) is 0 Å². The zero-order valence-electron chi connectivity index (χ0n) is 11.8. The summed E-state index contributed by atoms with van der Waals surface area (Å²) in [5.74, 6) is 0.864. The maximum absolute atomic E-state index is 5.73. The van der Waals surface area contributed by atoms with Crippen LogP contribution in [0.25, 0.3) is 0 Å². The highest BCUT2D eigenvalue weighted by atomic mass is 127. The molecule has 1 rings (SSSR count). The normalized spacial score (nSPS) is 25.4. The van der Waals surface area contributed by atoms with Gasteiger partial charge in [0.05, 0.1) is 5.60 Å². The highest BCUT2D eigenvalue weighted by Crippen LogP contribution is 2.23. The van der Waals surface area contributed by atoms with Crippen LogP contribution >= 0.6 is 35.7 Å². The molecule has 0 aromatic carbocycles. The van der Waals surface area contributed by atoms with Crippen LogP contribution in [0.15, 0.2) is 4.99 Å². The molecule has 0 saturated carbocycles. The molecule has 2 N–H and O–H groups in total. The first kappa shape index (κ1) is 18.3. The third kappa shape index (κ3) is 6.47. The zero-order chi connectivity index (χ0) is 12.7. The van der Waals surface area contributed by atoms with E-state index in [1.807, 2.05) is 11.8 Å². The van der Waals surface area contributed by atoms with Crippen molar-refractivity contribution in [3.8, 4) is 0 Å². The lowest BCUT2D eigenvalue weighted by Gasteiger charge is -2.25. The maximum Gasteiger partial charge on any atom is 0.191 e. The van der Waals surface area contributed by atoms with Crippen LogP contribution in [0.4, 0.5) is 0 Å². The predicted molar refractivity (Wildman–Crippen MR) is 91.3 cm³/mol. The number of thioether (sulfide) groups is 1. The molecular formula is C12H26IN3OS. The number of hydrogen-bond acceptors (Lipinski definition) is 3. The standard InChI is InChI=1S/C12H25N3OS.HI/c1-10(17-4)8-14-11(13-3)15-9-12(2)6-5-7-16-12;/h10H,5-9H2,1-4H3,(H2,13,14,15);1H. The minimum Gasteiger partial charge on any atom is -0.373 e. The summed E-state index contributed by atoms with van der Waals surface area (Å²) < 4.78 is 5.73. The molecular weight excluding hydrogens is 361 g/mol. The highest BCUT2D eigenvalue weighted by molar-refractivity contribution is 14.0. The summed E-state index contributed by atoms with van der Waals surface area (Å²) in [7, 11) is 1.80. The number of aliphatic imine (C=N–C) groups is 1. The zero-order valence-corrected chi connectivity index (χ0v) is 14.9. The average Bonchev–Trinajstić information content (AvgIpc) is 2.76. The van der Waals surface area contributed by atoms with Gasteiger partial charge in [0.25, 0.3) is 0 Å². The Hall–Kier alpha value is 0.310. The molecule has 1 heterocycles. The van der Waals surface area contributed by atoms with Crippen LogP contribution < -0.4 is 10.6 Å². The van der Waals surface area contributed by atoms with Gasteiger partial charge in [-0.3, -0.25) is 4.99 Å². The van der Waals surface area contributed by atoms with Crippen molar-refractivity contribution in [3.63, 3.8) is 0 Å². The monoisotopic (exact) mass is 387 g/mol. The fourth-order valence-corrected chi connectivity index (χ4v) is 2.04. The minimum absolute atomic E-state index is 0. The molecule has 1 aliphatic rings. The molecule has 1 saturated heterocycles. The number of nitrogens with zero attached hydrogens (tertiary/aromatic N) is 1. The second-order valence-corrected chi connectivity index (χ2v) is 6.03. The Balaban J connectivity index is 0.00000289. The maximum atomic E-state index is 5.73. The summed E-state index contributed by atoms with van der Waals surface area (Å²) in [4.78, 5) is 4.22. The van der Waals surface area contributed by atoms with Crippen molar-refractivity contribution in [2.24, 2.45) is 4.99 Å². The molecule has 0 spiro atoms. The Kier molecular flexibility index (Phi) is 9.41. The first-order valence-corrected chi connectivity index (χ1v) is 7.50. The number of ether oxygens (including phenoxy) is 1. The van der Waals surface area contributed by atoms with Gasteiger partial charge in [-0.1, -0.05) is 6.92 Å². The molecule has 4 nitrogen and oxygen atoms in total. The Morgan fingerprint density at radius 1 is 1.50 bits per heavy atom. The SMILES string of the molecule is CN=C(NCC(C)SC)NCC1(C)CCCO1.I. The van der Waals surface area contributed by atoms with Crippen molar-refractivity contribution in [2.75, 3.05) is 33.0 Å². The van der Waals surface area contributed by atoms with Gasteiger partial charge >= 0.3 is 0 Å². The minimum atomic E-state index is -0.0251. The average molecular weight is 387 g/mol. The Bertz CT molecular complexity index is 258. The Labute approximate surface area is 132 Å². The third-order valence-corrected chi connectivity index (χ3v) is 4.08. The fourth-order valence-electron chi connectivity index (χ4n) is 1.79. The van der Waals surface area contributed by atoms with Crippen LogP contribution in [0.5, 0.6) is 0 Å². The van der Waals surface area contributed by atoms with Gasteiger partial charge in [-0.25, -0.2) is 0 Å². The molecule has 2 atom stereocenters. The van der Waals surface area contributed by atoms with E-state index in [0.29, 0.717) is 5.25 Å². The van der Waals surface area contributed by atoms with Gasteiger partial charge in [0.15, 0.2) is 5.96 Å². The van der Waals surface area contributed by atoms with Gasteiger partial charge in [-0.15, -0.1) is 24.0 Å². The number of halogens is 1. The first-order valence-electron chi connectivity index (χ1n) is 6.21. The Morgan fingerprint density at radius 3 is 2.72 bits per heavy atom. The van der Waals surface area contributed by atoms with E-state index in [1.54, 1.807) is 7.05 Å². The molecule has 0 radical (unpaired) electrons. The molecule has 0 bridgehead atoms. The van der Waals surface area contributed by atoms with E-state index in [1.165, 1.54) is 0 Å². The van der Waals surface area contributed by atoms with Crippen molar-refractivity contribution >= 4 is 41.7 Å². The van der Waals surface area contributed by atoms with Crippen molar-refractivity contribution in [2.45, 2.75) is 37.5 Å². The summed E-state index contributed by atoms with van der Waals surface area (Å²) in [5.41, 5.74) is -0.0251. The smallest absolute Gasteiger partial charge is 0.191 e. The highest BCUT2D eigenvalue weighted by Gasteiger charge is 2.29. The van der Waals surface area contributed by atoms with Crippen molar-refractivity contribution < 1.29 is 4.74 Å².